The van der Waals surface area contributed by atoms with Crippen molar-refractivity contribution in [1.82, 2.24) is 10.4 Å². The van der Waals surface area contributed by atoms with Crippen molar-refractivity contribution in [2.24, 2.45) is 5.10 Å². The summed E-state index contributed by atoms with van der Waals surface area (Å²) in [5.41, 5.74) is 3.05. The lowest BCUT2D eigenvalue weighted by atomic mass is 10.2. The number of amides is 1. The zero-order valence-electron chi connectivity index (χ0n) is 11.6. The van der Waals surface area contributed by atoms with Gasteiger partial charge < -0.3 is 5.11 Å². The Morgan fingerprint density at radius 1 is 1.41 bits per heavy atom. The number of nitrogens with one attached hydrogen (secondary N) is 1. The molecule has 0 aliphatic carbocycles. The van der Waals surface area contributed by atoms with Crippen molar-refractivity contribution in [3.63, 3.8) is 0 Å². The SMILES string of the molecule is Cc1ccc(C(=O)N/N=C\c2cccc([N+](=O)[O-])c2O)cn1. The van der Waals surface area contributed by atoms with E-state index in [0.29, 0.717) is 5.56 Å². The number of aromatic hydroxyl groups is 1. The molecule has 0 radical (unpaired) electrons. The molecule has 1 aromatic heterocycles. The maximum Gasteiger partial charge on any atom is 0.311 e. The number of pyridine rings is 1. The summed E-state index contributed by atoms with van der Waals surface area (Å²) >= 11 is 0. The average Bonchev–Trinajstić information content (AvgIpc) is 2.49. The molecule has 0 bridgehead atoms. The van der Waals surface area contributed by atoms with Gasteiger partial charge in [-0.2, -0.15) is 5.10 Å². The second-order valence-electron chi connectivity index (χ2n) is 4.36. The first kappa shape index (κ1) is 15.1. The molecule has 8 heteroatoms. The number of nitrogens with zero attached hydrogens (tertiary/aromatic N) is 3. The third-order valence-electron chi connectivity index (χ3n) is 2.79. The number of hydrazone groups is 1. The van der Waals surface area contributed by atoms with Crippen molar-refractivity contribution in [1.29, 1.82) is 0 Å². The lowest BCUT2D eigenvalue weighted by Crippen LogP contribution is -2.17. The number of nitro groups is 1. The Bertz CT molecular complexity index is 741. The standard InChI is InChI=1S/C14H12N4O4/c1-9-5-6-11(7-15-9)14(20)17-16-8-10-3-2-4-12(13(10)19)18(21)22/h2-8,19H,1H3,(H,17,20)/b16-8-. The maximum absolute atomic E-state index is 11.8. The Morgan fingerprint density at radius 2 is 2.18 bits per heavy atom. The molecule has 2 rings (SSSR count). The number of hydrogen-bond acceptors (Lipinski definition) is 6. The minimum absolute atomic E-state index is 0.122. The van der Waals surface area contributed by atoms with Gasteiger partial charge in [-0.3, -0.25) is 19.9 Å². The minimum Gasteiger partial charge on any atom is -0.502 e. The maximum atomic E-state index is 11.8. The smallest absolute Gasteiger partial charge is 0.311 e. The van der Waals surface area contributed by atoms with Crippen LogP contribution in [0.1, 0.15) is 21.6 Å². The molecule has 0 spiro atoms. The molecule has 8 nitrogen and oxygen atoms in total. The van der Waals surface area contributed by atoms with E-state index in [-0.39, 0.29) is 5.56 Å². The number of rotatable bonds is 4. The lowest BCUT2D eigenvalue weighted by Gasteiger charge is -2.01. The zero-order chi connectivity index (χ0) is 16.1. The highest BCUT2D eigenvalue weighted by Gasteiger charge is 2.15. The highest BCUT2D eigenvalue weighted by Crippen LogP contribution is 2.27. The average molecular weight is 300 g/mol. The zero-order valence-corrected chi connectivity index (χ0v) is 11.6. The molecule has 0 saturated carbocycles. The normalized spacial score (nSPS) is 10.6. The Balaban J connectivity index is 2.10. The highest BCUT2D eigenvalue weighted by atomic mass is 16.6. The number of aryl methyl sites for hydroxylation is 1. The van der Waals surface area contributed by atoms with E-state index in [1.165, 1.54) is 24.4 Å². The van der Waals surface area contributed by atoms with Gasteiger partial charge in [0.05, 0.1) is 16.7 Å². The van der Waals surface area contributed by atoms with Crippen LogP contribution >= 0.6 is 0 Å². The summed E-state index contributed by atoms with van der Waals surface area (Å²) < 4.78 is 0. The number of aromatic nitrogens is 1. The molecule has 2 aromatic rings. The molecule has 0 aliphatic heterocycles. The number of phenols is 1. The van der Waals surface area contributed by atoms with Gasteiger partial charge in [0.25, 0.3) is 5.91 Å². The van der Waals surface area contributed by atoms with E-state index in [1.807, 2.05) is 0 Å². The van der Waals surface area contributed by atoms with Crippen molar-refractivity contribution in [3.8, 4) is 5.75 Å². The molecular formula is C14H12N4O4. The van der Waals surface area contributed by atoms with E-state index in [4.69, 9.17) is 0 Å². The van der Waals surface area contributed by atoms with E-state index in [1.54, 1.807) is 19.1 Å². The highest BCUT2D eigenvalue weighted by molar-refractivity contribution is 5.95. The Hall–Kier alpha value is -3.29. The van der Waals surface area contributed by atoms with Gasteiger partial charge in [0.1, 0.15) is 0 Å². The summed E-state index contributed by atoms with van der Waals surface area (Å²) in [6, 6.07) is 7.29. The molecular weight excluding hydrogens is 288 g/mol. The van der Waals surface area contributed by atoms with Crippen LogP contribution in [0.5, 0.6) is 5.75 Å². The Labute approximate surface area is 125 Å². The summed E-state index contributed by atoms with van der Waals surface area (Å²) in [6.45, 7) is 1.80. The monoisotopic (exact) mass is 300 g/mol. The molecule has 1 amide bonds. The second kappa shape index (κ2) is 6.44. The molecule has 1 aromatic carbocycles. The number of carbonyl (C=O) groups excluding carboxylic acids is 1. The van der Waals surface area contributed by atoms with Crippen LogP contribution in [-0.4, -0.2) is 27.1 Å². The van der Waals surface area contributed by atoms with Crippen LogP contribution < -0.4 is 5.43 Å². The number of carbonyl (C=O) groups is 1. The molecule has 2 N–H and O–H groups in total. The summed E-state index contributed by atoms with van der Waals surface area (Å²) in [4.78, 5) is 25.7. The number of hydrogen-bond donors (Lipinski definition) is 2. The second-order valence-corrected chi connectivity index (χ2v) is 4.36. The first-order valence-electron chi connectivity index (χ1n) is 6.21. The van der Waals surface area contributed by atoms with Gasteiger partial charge in [0, 0.05) is 23.5 Å². The van der Waals surface area contributed by atoms with Crippen LogP contribution in [0.3, 0.4) is 0 Å². The van der Waals surface area contributed by atoms with E-state index in [2.05, 4.69) is 15.5 Å². The molecule has 1 heterocycles. The largest absolute Gasteiger partial charge is 0.502 e. The third kappa shape index (κ3) is 3.42. The van der Waals surface area contributed by atoms with Gasteiger partial charge in [0.15, 0.2) is 0 Å². The number of phenolic OH excluding ortho intramolecular Hbond substituents is 1. The predicted molar refractivity (Wildman–Crippen MR) is 78.8 cm³/mol. The van der Waals surface area contributed by atoms with Crippen molar-refractivity contribution in [2.75, 3.05) is 0 Å². The topological polar surface area (TPSA) is 118 Å². The molecule has 0 atom stereocenters. The summed E-state index contributed by atoms with van der Waals surface area (Å²) in [6.07, 6.45) is 2.53. The van der Waals surface area contributed by atoms with Crippen LogP contribution in [0.15, 0.2) is 41.6 Å². The van der Waals surface area contributed by atoms with E-state index < -0.39 is 22.3 Å². The van der Waals surface area contributed by atoms with Crippen LogP contribution in [0, 0.1) is 17.0 Å². The van der Waals surface area contributed by atoms with Gasteiger partial charge >= 0.3 is 5.69 Å². The lowest BCUT2D eigenvalue weighted by molar-refractivity contribution is -0.385. The van der Waals surface area contributed by atoms with Gasteiger partial charge in [-0.05, 0) is 25.1 Å². The molecule has 0 fully saturated rings. The van der Waals surface area contributed by atoms with Gasteiger partial charge in [-0.15, -0.1) is 0 Å². The Kier molecular flexibility index (Phi) is 4.42. The van der Waals surface area contributed by atoms with Crippen molar-refractivity contribution < 1.29 is 14.8 Å². The number of nitro benzene ring substituents is 1. The summed E-state index contributed by atoms with van der Waals surface area (Å²) in [7, 11) is 0. The van der Waals surface area contributed by atoms with Crippen molar-refractivity contribution in [2.45, 2.75) is 6.92 Å². The van der Waals surface area contributed by atoms with Crippen LogP contribution in [-0.2, 0) is 0 Å². The third-order valence-corrected chi connectivity index (χ3v) is 2.79. The quantitative estimate of drug-likeness (QED) is 0.507. The van der Waals surface area contributed by atoms with Gasteiger partial charge in [0.2, 0.25) is 5.75 Å². The Morgan fingerprint density at radius 3 is 2.82 bits per heavy atom. The van der Waals surface area contributed by atoms with E-state index in [0.717, 1.165) is 11.9 Å². The summed E-state index contributed by atoms with van der Waals surface area (Å²) in [5, 5.41) is 24.1. The van der Waals surface area contributed by atoms with E-state index in [9.17, 15) is 20.0 Å². The molecule has 0 unspecified atom stereocenters. The van der Waals surface area contributed by atoms with Crippen LogP contribution in [0.25, 0.3) is 0 Å². The van der Waals surface area contributed by atoms with Crippen molar-refractivity contribution >= 4 is 17.8 Å². The minimum atomic E-state index is -0.705. The number of benzene rings is 1. The number of para-hydroxylation sites is 1. The van der Waals surface area contributed by atoms with Gasteiger partial charge in [-0.1, -0.05) is 6.07 Å². The van der Waals surface area contributed by atoms with E-state index >= 15 is 0 Å². The predicted octanol–water partition coefficient (Wildman–Crippen LogP) is 1.77. The fourth-order valence-corrected chi connectivity index (χ4v) is 1.63. The summed E-state index contributed by atoms with van der Waals surface area (Å²) in [5.74, 6) is -0.990. The van der Waals surface area contributed by atoms with Crippen LogP contribution in [0.4, 0.5) is 5.69 Å². The molecule has 0 saturated heterocycles. The fourth-order valence-electron chi connectivity index (χ4n) is 1.63. The van der Waals surface area contributed by atoms with Crippen LogP contribution in [0.2, 0.25) is 0 Å². The van der Waals surface area contributed by atoms with Crippen molar-refractivity contribution in [3.05, 3.63) is 63.5 Å². The van der Waals surface area contributed by atoms with Gasteiger partial charge in [-0.25, -0.2) is 5.43 Å². The fraction of sp³-hybridized carbons (Fsp3) is 0.0714. The molecule has 112 valence electrons. The first-order valence-corrected chi connectivity index (χ1v) is 6.21. The molecule has 22 heavy (non-hydrogen) atoms. The first-order chi connectivity index (χ1) is 10.5. The molecule has 0 aliphatic rings.